The summed E-state index contributed by atoms with van der Waals surface area (Å²) in [7, 11) is 0. The van der Waals surface area contributed by atoms with Crippen molar-refractivity contribution in [3.05, 3.63) is 60.2 Å². The molecule has 0 aromatic heterocycles. The Balaban J connectivity index is 1.83. The molecule has 0 aliphatic rings. The van der Waals surface area contributed by atoms with Gasteiger partial charge in [-0.05, 0) is 24.6 Å². The average Bonchev–Trinajstić information content (AvgIpc) is 2.64. The average molecular weight is 339 g/mol. The van der Waals surface area contributed by atoms with E-state index in [0.717, 1.165) is 21.9 Å². The fraction of sp³-hybridized carbons (Fsp3) is 0.263. The lowest BCUT2D eigenvalue weighted by Gasteiger charge is -2.12. The maximum absolute atomic E-state index is 12.0. The highest BCUT2D eigenvalue weighted by Gasteiger charge is 2.07. The first-order chi connectivity index (χ1) is 11.7. The van der Waals surface area contributed by atoms with Gasteiger partial charge in [-0.25, -0.2) is 0 Å². The Kier molecular flexibility index (Phi) is 7.19. The smallest absolute Gasteiger partial charge is 0.239 e. The minimum atomic E-state index is -0.0518. The first kappa shape index (κ1) is 17.9. The van der Waals surface area contributed by atoms with Crippen LogP contribution in [0.1, 0.15) is 12.5 Å². The molecule has 0 radical (unpaired) electrons. The van der Waals surface area contributed by atoms with Crippen molar-refractivity contribution in [1.82, 2.24) is 5.32 Å². The number of nitrogens with zero attached hydrogens (tertiary/aromatic N) is 1. The van der Waals surface area contributed by atoms with Crippen LogP contribution in [0.2, 0.25) is 0 Å². The molecule has 0 aliphatic carbocycles. The summed E-state index contributed by atoms with van der Waals surface area (Å²) in [6.45, 7) is 2.65. The second-order valence-electron chi connectivity index (χ2n) is 5.45. The predicted octanol–water partition coefficient (Wildman–Crippen LogP) is 3.67. The Bertz CT molecular complexity index is 697. The van der Waals surface area contributed by atoms with Gasteiger partial charge < -0.3 is 10.6 Å². The minimum Gasteiger partial charge on any atom is -0.375 e. The quantitative estimate of drug-likeness (QED) is 0.720. The molecule has 2 aromatic rings. The third-order valence-corrected chi connectivity index (χ3v) is 4.70. The molecule has 0 saturated carbocycles. The summed E-state index contributed by atoms with van der Waals surface area (Å²) in [5.41, 5.74) is 2.00. The molecule has 24 heavy (non-hydrogen) atoms. The molecule has 2 rings (SSSR count). The SMILES string of the molecule is CC(C#N)CSc1ccccc1NCC(=O)NCc1ccccc1. The van der Waals surface area contributed by atoms with Gasteiger partial charge in [-0.2, -0.15) is 5.26 Å². The van der Waals surface area contributed by atoms with Crippen molar-refractivity contribution in [2.24, 2.45) is 5.92 Å². The second-order valence-corrected chi connectivity index (χ2v) is 6.52. The molecular formula is C19H21N3OS. The summed E-state index contributed by atoms with van der Waals surface area (Å²) < 4.78 is 0. The fourth-order valence-corrected chi connectivity index (χ4v) is 3.00. The number of benzene rings is 2. The van der Waals surface area contributed by atoms with Gasteiger partial charge in [0.1, 0.15) is 0 Å². The van der Waals surface area contributed by atoms with Crippen LogP contribution in [0.3, 0.4) is 0 Å². The number of para-hydroxylation sites is 1. The van der Waals surface area contributed by atoms with Gasteiger partial charge in [0, 0.05) is 22.9 Å². The highest BCUT2D eigenvalue weighted by Crippen LogP contribution is 2.28. The van der Waals surface area contributed by atoms with Crippen molar-refractivity contribution in [3.8, 4) is 6.07 Å². The Morgan fingerprint density at radius 1 is 1.17 bits per heavy atom. The standard InChI is InChI=1S/C19H21N3OS/c1-15(11-20)14-24-18-10-6-5-9-17(18)21-13-19(23)22-12-16-7-3-2-4-8-16/h2-10,15,21H,12-14H2,1H3,(H,22,23). The molecular weight excluding hydrogens is 318 g/mol. The van der Waals surface area contributed by atoms with Crippen LogP contribution in [0, 0.1) is 17.2 Å². The van der Waals surface area contributed by atoms with E-state index in [1.807, 2.05) is 61.5 Å². The van der Waals surface area contributed by atoms with Gasteiger partial charge in [-0.15, -0.1) is 11.8 Å². The molecule has 0 bridgehead atoms. The van der Waals surface area contributed by atoms with E-state index in [-0.39, 0.29) is 18.4 Å². The minimum absolute atomic E-state index is 0.00257. The van der Waals surface area contributed by atoms with E-state index in [1.54, 1.807) is 11.8 Å². The Morgan fingerprint density at radius 2 is 1.88 bits per heavy atom. The molecule has 2 N–H and O–H groups in total. The maximum Gasteiger partial charge on any atom is 0.239 e. The molecule has 0 heterocycles. The van der Waals surface area contributed by atoms with Gasteiger partial charge in [0.05, 0.1) is 18.5 Å². The monoisotopic (exact) mass is 339 g/mol. The molecule has 5 heteroatoms. The number of hydrogen-bond donors (Lipinski definition) is 2. The first-order valence-corrected chi connectivity index (χ1v) is 8.83. The summed E-state index contributed by atoms with van der Waals surface area (Å²) >= 11 is 1.62. The van der Waals surface area contributed by atoms with E-state index in [1.165, 1.54) is 0 Å². The highest BCUT2D eigenvalue weighted by atomic mass is 32.2. The summed E-state index contributed by atoms with van der Waals surface area (Å²) in [5, 5.41) is 15.0. The summed E-state index contributed by atoms with van der Waals surface area (Å²) in [5.74, 6) is 0.677. The predicted molar refractivity (Wildman–Crippen MR) is 98.7 cm³/mol. The van der Waals surface area contributed by atoms with Gasteiger partial charge in [-0.1, -0.05) is 42.5 Å². The van der Waals surface area contributed by atoms with Crippen LogP contribution in [-0.4, -0.2) is 18.2 Å². The summed E-state index contributed by atoms with van der Waals surface area (Å²) in [6.07, 6.45) is 0. The summed E-state index contributed by atoms with van der Waals surface area (Å²) in [6, 6.07) is 19.9. The molecule has 0 spiro atoms. The van der Waals surface area contributed by atoms with Crippen molar-refractivity contribution in [2.75, 3.05) is 17.6 Å². The highest BCUT2D eigenvalue weighted by molar-refractivity contribution is 7.99. The van der Waals surface area contributed by atoms with E-state index in [4.69, 9.17) is 5.26 Å². The largest absolute Gasteiger partial charge is 0.375 e. The molecule has 1 amide bonds. The van der Waals surface area contributed by atoms with Crippen molar-refractivity contribution < 1.29 is 4.79 Å². The lowest BCUT2D eigenvalue weighted by Crippen LogP contribution is -2.29. The van der Waals surface area contributed by atoms with Gasteiger partial charge in [0.2, 0.25) is 5.91 Å². The lowest BCUT2D eigenvalue weighted by molar-refractivity contribution is -0.119. The van der Waals surface area contributed by atoms with Gasteiger partial charge in [-0.3, -0.25) is 4.79 Å². The van der Waals surface area contributed by atoms with E-state index in [9.17, 15) is 4.79 Å². The molecule has 4 nitrogen and oxygen atoms in total. The molecule has 2 aromatic carbocycles. The van der Waals surface area contributed by atoms with Gasteiger partial charge >= 0.3 is 0 Å². The van der Waals surface area contributed by atoms with Crippen LogP contribution < -0.4 is 10.6 Å². The van der Waals surface area contributed by atoms with Gasteiger partial charge in [0.15, 0.2) is 0 Å². The Hall–Kier alpha value is -2.45. The van der Waals surface area contributed by atoms with Gasteiger partial charge in [0.25, 0.3) is 0 Å². The number of nitriles is 1. The Morgan fingerprint density at radius 3 is 2.62 bits per heavy atom. The topological polar surface area (TPSA) is 64.9 Å². The van der Waals surface area contributed by atoms with E-state index in [2.05, 4.69) is 16.7 Å². The maximum atomic E-state index is 12.0. The van der Waals surface area contributed by atoms with Crippen molar-refractivity contribution >= 4 is 23.4 Å². The molecule has 0 aliphatic heterocycles. The number of amides is 1. The second kappa shape index (κ2) is 9.64. The molecule has 0 fully saturated rings. The lowest BCUT2D eigenvalue weighted by atomic mass is 10.2. The number of thioether (sulfide) groups is 1. The van der Waals surface area contributed by atoms with Crippen molar-refractivity contribution in [1.29, 1.82) is 5.26 Å². The van der Waals surface area contributed by atoms with Crippen LogP contribution in [0.25, 0.3) is 0 Å². The normalized spacial score (nSPS) is 11.3. The number of carbonyl (C=O) groups excluding carboxylic acids is 1. The van der Waals surface area contributed by atoms with Crippen LogP contribution in [0.5, 0.6) is 0 Å². The zero-order valence-corrected chi connectivity index (χ0v) is 14.5. The zero-order chi connectivity index (χ0) is 17.2. The summed E-state index contributed by atoms with van der Waals surface area (Å²) in [4.78, 5) is 13.0. The van der Waals surface area contributed by atoms with E-state index >= 15 is 0 Å². The molecule has 1 unspecified atom stereocenters. The van der Waals surface area contributed by atoms with Crippen LogP contribution in [0.4, 0.5) is 5.69 Å². The first-order valence-electron chi connectivity index (χ1n) is 7.85. The number of carbonyl (C=O) groups is 1. The number of rotatable bonds is 8. The zero-order valence-electron chi connectivity index (χ0n) is 13.7. The molecule has 0 saturated heterocycles. The van der Waals surface area contributed by atoms with Crippen LogP contribution in [-0.2, 0) is 11.3 Å². The number of hydrogen-bond acceptors (Lipinski definition) is 4. The fourth-order valence-electron chi connectivity index (χ4n) is 2.03. The third-order valence-electron chi connectivity index (χ3n) is 3.37. The van der Waals surface area contributed by atoms with Crippen LogP contribution in [0.15, 0.2) is 59.5 Å². The van der Waals surface area contributed by atoms with Crippen molar-refractivity contribution in [2.45, 2.75) is 18.4 Å². The van der Waals surface area contributed by atoms with Crippen molar-refractivity contribution in [3.63, 3.8) is 0 Å². The molecule has 124 valence electrons. The Labute approximate surface area is 147 Å². The van der Waals surface area contributed by atoms with Crippen LogP contribution >= 0.6 is 11.8 Å². The van der Waals surface area contributed by atoms with E-state index in [0.29, 0.717) is 6.54 Å². The third kappa shape index (κ3) is 5.98. The van der Waals surface area contributed by atoms with E-state index < -0.39 is 0 Å². The number of anilines is 1. The molecule has 1 atom stereocenters. The number of nitrogens with one attached hydrogen (secondary N) is 2.